The number of hydrazine groups is 1. The SMILES string of the molecule is COC(=O)[C@H]1CCCNN1. The first kappa shape index (κ1) is 7.50. The van der Waals surface area contributed by atoms with Crippen LogP contribution in [-0.4, -0.2) is 25.7 Å². The van der Waals surface area contributed by atoms with Crippen LogP contribution in [0.15, 0.2) is 0 Å². The van der Waals surface area contributed by atoms with E-state index < -0.39 is 0 Å². The van der Waals surface area contributed by atoms with Gasteiger partial charge >= 0.3 is 5.97 Å². The normalized spacial score (nSPS) is 25.9. The average Bonchev–Trinajstić information content (AvgIpc) is 2.05. The summed E-state index contributed by atoms with van der Waals surface area (Å²) in [5.41, 5.74) is 5.74. The third-order valence-corrected chi connectivity index (χ3v) is 1.56. The van der Waals surface area contributed by atoms with Crippen molar-refractivity contribution < 1.29 is 9.53 Å². The number of nitrogens with one attached hydrogen (secondary N) is 2. The van der Waals surface area contributed by atoms with Crippen LogP contribution in [0.3, 0.4) is 0 Å². The van der Waals surface area contributed by atoms with E-state index in [9.17, 15) is 4.79 Å². The molecule has 0 unspecified atom stereocenters. The van der Waals surface area contributed by atoms with Gasteiger partial charge < -0.3 is 4.74 Å². The molecule has 1 rings (SSSR count). The monoisotopic (exact) mass is 144 g/mol. The highest BCUT2D eigenvalue weighted by atomic mass is 16.5. The van der Waals surface area contributed by atoms with Crippen LogP contribution in [-0.2, 0) is 9.53 Å². The lowest BCUT2D eigenvalue weighted by Crippen LogP contribution is -2.50. The fraction of sp³-hybridized carbons (Fsp3) is 0.833. The number of carbonyl (C=O) groups is 1. The minimum atomic E-state index is -0.188. The summed E-state index contributed by atoms with van der Waals surface area (Å²) in [5, 5.41) is 0. The second kappa shape index (κ2) is 3.53. The number of rotatable bonds is 1. The molecule has 10 heavy (non-hydrogen) atoms. The van der Waals surface area contributed by atoms with E-state index in [1.807, 2.05) is 0 Å². The number of methoxy groups -OCH3 is 1. The van der Waals surface area contributed by atoms with E-state index in [0.717, 1.165) is 19.4 Å². The number of carbonyl (C=O) groups excluding carboxylic acids is 1. The number of hydrogen-bond donors (Lipinski definition) is 2. The molecule has 0 aromatic carbocycles. The molecule has 58 valence electrons. The van der Waals surface area contributed by atoms with Crippen LogP contribution >= 0.6 is 0 Å². The standard InChI is InChI=1S/C6H12N2O2/c1-10-6(9)5-3-2-4-7-8-5/h5,7-8H,2-4H2,1H3/t5-/m1/s1. The third kappa shape index (κ3) is 1.68. The Morgan fingerprint density at radius 1 is 1.70 bits per heavy atom. The van der Waals surface area contributed by atoms with Crippen LogP contribution in [0.4, 0.5) is 0 Å². The topological polar surface area (TPSA) is 50.4 Å². The highest BCUT2D eigenvalue weighted by Crippen LogP contribution is 2.00. The lowest BCUT2D eigenvalue weighted by molar-refractivity contribution is -0.144. The molecule has 2 N–H and O–H groups in total. The molecule has 0 radical (unpaired) electrons. The molecule has 0 bridgehead atoms. The molecule has 0 spiro atoms. The summed E-state index contributed by atoms with van der Waals surface area (Å²) >= 11 is 0. The van der Waals surface area contributed by atoms with Crippen molar-refractivity contribution in [1.82, 2.24) is 10.9 Å². The fourth-order valence-corrected chi connectivity index (χ4v) is 0.981. The molecule has 0 saturated carbocycles. The van der Waals surface area contributed by atoms with Crippen molar-refractivity contribution in [2.75, 3.05) is 13.7 Å². The van der Waals surface area contributed by atoms with Crippen LogP contribution < -0.4 is 10.9 Å². The zero-order valence-electron chi connectivity index (χ0n) is 6.02. The summed E-state index contributed by atoms with van der Waals surface area (Å²) in [7, 11) is 1.40. The van der Waals surface area contributed by atoms with Gasteiger partial charge in [0.1, 0.15) is 6.04 Å². The first-order valence-electron chi connectivity index (χ1n) is 3.41. The maximum atomic E-state index is 10.8. The van der Waals surface area contributed by atoms with E-state index in [1.54, 1.807) is 0 Å². The largest absolute Gasteiger partial charge is 0.468 e. The van der Waals surface area contributed by atoms with Crippen LogP contribution in [0.2, 0.25) is 0 Å². The molecular weight excluding hydrogens is 132 g/mol. The quantitative estimate of drug-likeness (QED) is 0.483. The Labute approximate surface area is 59.9 Å². The van der Waals surface area contributed by atoms with Crippen molar-refractivity contribution in [3.05, 3.63) is 0 Å². The molecular formula is C6H12N2O2. The molecule has 0 aliphatic carbocycles. The van der Waals surface area contributed by atoms with Gasteiger partial charge in [0.2, 0.25) is 0 Å². The average molecular weight is 144 g/mol. The van der Waals surface area contributed by atoms with Gasteiger partial charge in [-0.3, -0.25) is 10.2 Å². The van der Waals surface area contributed by atoms with Gasteiger partial charge in [0.05, 0.1) is 7.11 Å². The van der Waals surface area contributed by atoms with Crippen molar-refractivity contribution in [3.63, 3.8) is 0 Å². The predicted octanol–water partition coefficient (Wildman–Crippen LogP) is -0.584. The minimum absolute atomic E-state index is 0.154. The van der Waals surface area contributed by atoms with Crippen molar-refractivity contribution in [2.45, 2.75) is 18.9 Å². The molecule has 1 heterocycles. The van der Waals surface area contributed by atoms with Gasteiger partial charge in [0.15, 0.2) is 0 Å². The molecule has 0 aromatic heterocycles. The minimum Gasteiger partial charge on any atom is -0.468 e. The number of ether oxygens (including phenoxy) is 1. The molecule has 1 saturated heterocycles. The first-order chi connectivity index (χ1) is 4.84. The fourth-order valence-electron chi connectivity index (χ4n) is 0.981. The molecule has 4 heteroatoms. The zero-order valence-corrected chi connectivity index (χ0v) is 6.02. The van der Waals surface area contributed by atoms with Gasteiger partial charge in [-0.2, -0.15) is 0 Å². The molecule has 0 aromatic rings. The van der Waals surface area contributed by atoms with Crippen molar-refractivity contribution >= 4 is 5.97 Å². The van der Waals surface area contributed by atoms with Crippen LogP contribution in [0.1, 0.15) is 12.8 Å². The van der Waals surface area contributed by atoms with Gasteiger partial charge in [0, 0.05) is 6.54 Å². The molecule has 1 fully saturated rings. The number of hydrogen-bond acceptors (Lipinski definition) is 4. The van der Waals surface area contributed by atoms with E-state index in [2.05, 4.69) is 15.6 Å². The van der Waals surface area contributed by atoms with Gasteiger partial charge in [-0.1, -0.05) is 0 Å². The Kier molecular flexibility index (Phi) is 2.65. The summed E-state index contributed by atoms with van der Waals surface area (Å²) in [4.78, 5) is 10.8. The molecule has 1 aliphatic rings. The summed E-state index contributed by atoms with van der Waals surface area (Å²) in [6, 6.07) is -0.154. The van der Waals surface area contributed by atoms with Crippen molar-refractivity contribution in [2.24, 2.45) is 0 Å². The van der Waals surface area contributed by atoms with Crippen LogP contribution in [0.5, 0.6) is 0 Å². The highest BCUT2D eigenvalue weighted by Gasteiger charge is 2.20. The maximum absolute atomic E-state index is 10.8. The Bertz CT molecular complexity index is 121. The van der Waals surface area contributed by atoms with E-state index in [0.29, 0.717) is 0 Å². The van der Waals surface area contributed by atoms with Gasteiger partial charge in [-0.25, -0.2) is 5.43 Å². The Morgan fingerprint density at radius 3 is 3.00 bits per heavy atom. The molecule has 1 aliphatic heterocycles. The summed E-state index contributed by atoms with van der Waals surface area (Å²) in [5.74, 6) is -0.188. The van der Waals surface area contributed by atoms with E-state index in [4.69, 9.17) is 0 Å². The third-order valence-electron chi connectivity index (χ3n) is 1.56. The smallest absolute Gasteiger partial charge is 0.324 e. The summed E-state index contributed by atoms with van der Waals surface area (Å²) < 4.78 is 4.55. The van der Waals surface area contributed by atoms with Gasteiger partial charge in [-0.05, 0) is 12.8 Å². The molecule has 4 nitrogen and oxygen atoms in total. The van der Waals surface area contributed by atoms with E-state index in [1.165, 1.54) is 7.11 Å². The number of esters is 1. The van der Waals surface area contributed by atoms with Gasteiger partial charge in [-0.15, -0.1) is 0 Å². The Morgan fingerprint density at radius 2 is 2.50 bits per heavy atom. The second-order valence-electron chi connectivity index (χ2n) is 2.29. The van der Waals surface area contributed by atoms with E-state index >= 15 is 0 Å². The summed E-state index contributed by atoms with van der Waals surface area (Å²) in [6.07, 6.45) is 1.88. The first-order valence-corrected chi connectivity index (χ1v) is 3.41. The molecule has 0 amide bonds. The van der Waals surface area contributed by atoms with E-state index in [-0.39, 0.29) is 12.0 Å². The summed E-state index contributed by atoms with van der Waals surface area (Å²) in [6.45, 7) is 0.924. The zero-order chi connectivity index (χ0) is 7.40. The lowest BCUT2D eigenvalue weighted by Gasteiger charge is -2.21. The highest BCUT2D eigenvalue weighted by molar-refractivity contribution is 5.75. The second-order valence-corrected chi connectivity index (χ2v) is 2.29. The van der Waals surface area contributed by atoms with Crippen molar-refractivity contribution in [1.29, 1.82) is 0 Å². The predicted molar refractivity (Wildman–Crippen MR) is 36.2 cm³/mol. The molecule has 1 atom stereocenters. The Hall–Kier alpha value is -0.610. The lowest BCUT2D eigenvalue weighted by atomic mass is 10.1. The Balaban J connectivity index is 2.31. The van der Waals surface area contributed by atoms with Crippen LogP contribution in [0.25, 0.3) is 0 Å². The van der Waals surface area contributed by atoms with Gasteiger partial charge in [0.25, 0.3) is 0 Å². The maximum Gasteiger partial charge on any atom is 0.324 e. The van der Waals surface area contributed by atoms with Crippen LogP contribution in [0, 0.1) is 0 Å². The van der Waals surface area contributed by atoms with Crippen molar-refractivity contribution in [3.8, 4) is 0 Å².